The fraction of sp³-hybridized carbons (Fsp3) is 0.391. The lowest BCUT2D eigenvalue weighted by Gasteiger charge is -2.29. The highest BCUT2D eigenvalue weighted by atomic mass is 35.5. The summed E-state index contributed by atoms with van der Waals surface area (Å²) >= 11 is 6.07. The van der Waals surface area contributed by atoms with Gasteiger partial charge in [-0.15, -0.1) is 0 Å². The third-order valence-electron chi connectivity index (χ3n) is 4.62. The fourth-order valence-electron chi connectivity index (χ4n) is 2.97. The molecule has 0 heterocycles. The lowest BCUT2D eigenvalue weighted by atomic mass is 10.1. The molecule has 0 aromatic heterocycles. The molecule has 0 aliphatic heterocycles. The number of nitrogens with one attached hydrogen (secondary N) is 1. The first-order valence-corrected chi connectivity index (χ1v) is 10.4. The molecule has 7 heteroatoms. The summed E-state index contributed by atoms with van der Waals surface area (Å²) in [6.45, 7) is 4.82. The summed E-state index contributed by atoms with van der Waals surface area (Å²) < 4.78 is 10.8. The van der Waals surface area contributed by atoms with E-state index in [1.54, 1.807) is 31.1 Å². The minimum atomic E-state index is -0.584. The van der Waals surface area contributed by atoms with Gasteiger partial charge in [0.15, 0.2) is 0 Å². The molecule has 0 aliphatic rings. The van der Waals surface area contributed by atoms with Crippen LogP contribution in [0.4, 0.5) is 0 Å². The fourth-order valence-corrected chi connectivity index (χ4v) is 3.18. The third kappa shape index (κ3) is 7.26. The minimum absolute atomic E-state index is 0.105. The van der Waals surface area contributed by atoms with Crippen molar-refractivity contribution in [3.8, 4) is 11.5 Å². The Hall–Kier alpha value is -2.73. The first-order chi connectivity index (χ1) is 14.4. The van der Waals surface area contributed by atoms with E-state index in [2.05, 4.69) is 5.32 Å². The number of likely N-dealkylation sites (N-methyl/N-ethyl adjacent to an activating group) is 1. The van der Waals surface area contributed by atoms with Crippen LogP contribution in [-0.2, 0) is 16.1 Å². The van der Waals surface area contributed by atoms with E-state index < -0.39 is 6.04 Å². The molecule has 30 heavy (non-hydrogen) atoms. The van der Waals surface area contributed by atoms with Crippen LogP contribution in [-0.4, -0.2) is 43.0 Å². The molecule has 2 rings (SSSR count). The summed E-state index contributed by atoms with van der Waals surface area (Å²) in [7, 11) is 1.61. The number of methoxy groups -OCH3 is 1. The molecule has 2 aromatic carbocycles. The lowest BCUT2D eigenvalue weighted by Crippen LogP contribution is -2.47. The van der Waals surface area contributed by atoms with E-state index in [1.807, 2.05) is 43.3 Å². The number of benzene rings is 2. The second-order valence-electron chi connectivity index (χ2n) is 6.85. The summed E-state index contributed by atoms with van der Waals surface area (Å²) in [5, 5.41) is 3.38. The molecule has 0 saturated heterocycles. The topological polar surface area (TPSA) is 67.9 Å². The minimum Gasteiger partial charge on any atom is -0.497 e. The summed E-state index contributed by atoms with van der Waals surface area (Å²) in [6.07, 6.45) is 0.819. The van der Waals surface area contributed by atoms with Crippen molar-refractivity contribution in [2.75, 3.05) is 20.3 Å². The Kier molecular flexibility index (Phi) is 9.48. The Morgan fingerprint density at radius 1 is 1.13 bits per heavy atom. The SMILES string of the molecule is CCNC(=O)C(C)N(Cc1cccc(Cl)c1)C(=O)CCCOc1ccc(OC)cc1. The van der Waals surface area contributed by atoms with Crippen molar-refractivity contribution in [1.29, 1.82) is 0 Å². The summed E-state index contributed by atoms with van der Waals surface area (Å²) in [5.41, 5.74) is 0.876. The normalized spacial score (nSPS) is 11.5. The molecule has 2 amide bonds. The number of amides is 2. The van der Waals surface area contributed by atoms with Gasteiger partial charge in [0.25, 0.3) is 0 Å². The average Bonchev–Trinajstić information content (AvgIpc) is 2.75. The van der Waals surface area contributed by atoms with Crippen LogP contribution in [0.3, 0.4) is 0 Å². The predicted octanol–water partition coefficient (Wildman–Crippen LogP) is 4.06. The molecule has 0 radical (unpaired) electrons. The molecule has 6 nitrogen and oxygen atoms in total. The zero-order valence-corrected chi connectivity index (χ0v) is 18.4. The molecular formula is C23H29ClN2O4. The predicted molar refractivity (Wildman–Crippen MR) is 118 cm³/mol. The Balaban J connectivity index is 1.95. The van der Waals surface area contributed by atoms with Gasteiger partial charge in [-0.05, 0) is 62.2 Å². The first-order valence-electron chi connectivity index (χ1n) is 10.0. The van der Waals surface area contributed by atoms with Crippen molar-refractivity contribution in [1.82, 2.24) is 10.2 Å². The Labute approximate surface area is 183 Å². The van der Waals surface area contributed by atoms with Crippen LogP contribution in [0, 0.1) is 0 Å². The van der Waals surface area contributed by atoms with Crippen molar-refractivity contribution < 1.29 is 19.1 Å². The van der Waals surface area contributed by atoms with E-state index in [9.17, 15) is 9.59 Å². The molecule has 2 aromatic rings. The van der Waals surface area contributed by atoms with Gasteiger partial charge < -0.3 is 19.7 Å². The van der Waals surface area contributed by atoms with E-state index in [0.29, 0.717) is 31.1 Å². The van der Waals surface area contributed by atoms with Gasteiger partial charge in [0.05, 0.1) is 13.7 Å². The number of nitrogens with zero attached hydrogens (tertiary/aromatic N) is 1. The average molecular weight is 433 g/mol. The molecule has 0 aliphatic carbocycles. The van der Waals surface area contributed by atoms with Gasteiger partial charge in [-0.25, -0.2) is 0 Å². The van der Waals surface area contributed by atoms with Crippen LogP contribution in [0.25, 0.3) is 0 Å². The molecular weight excluding hydrogens is 404 g/mol. The van der Waals surface area contributed by atoms with Crippen molar-refractivity contribution in [2.45, 2.75) is 39.3 Å². The maximum Gasteiger partial charge on any atom is 0.242 e. The van der Waals surface area contributed by atoms with Gasteiger partial charge in [0, 0.05) is 24.5 Å². The molecule has 0 fully saturated rings. The van der Waals surface area contributed by atoms with Gasteiger partial charge in [0.2, 0.25) is 11.8 Å². The Bertz CT molecular complexity index is 826. The second kappa shape index (κ2) is 12.1. The number of carbonyl (C=O) groups is 2. The standard InChI is InChI=1S/C23H29ClN2O4/c1-4-25-23(28)17(2)26(16-18-7-5-8-19(24)15-18)22(27)9-6-14-30-21-12-10-20(29-3)11-13-21/h5,7-8,10-13,15,17H,4,6,9,14,16H2,1-3H3,(H,25,28). The zero-order valence-electron chi connectivity index (χ0n) is 17.7. The van der Waals surface area contributed by atoms with E-state index >= 15 is 0 Å². The van der Waals surface area contributed by atoms with Crippen LogP contribution < -0.4 is 14.8 Å². The van der Waals surface area contributed by atoms with E-state index in [4.69, 9.17) is 21.1 Å². The number of halogens is 1. The molecule has 1 N–H and O–H groups in total. The van der Waals surface area contributed by atoms with Crippen LogP contribution in [0.15, 0.2) is 48.5 Å². The van der Waals surface area contributed by atoms with Crippen LogP contribution >= 0.6 is 11.6 Å². The largest absolute Gasteiger partial charge is 0.497 e. The lowest BCUT2D eigenvalue weighted by molar-refractivity contribution is -0.140. The second-order valence-corrected chi connectivity index (χ2v) is 7.29. The van der Waals surface area contributed by atoms with Gasteiger partial charge in [-0.1, -0.05) is 23.7 Å². The molecule has 1 unspecified atom stereocenters. The molecule has 162 valence electrons. The third-order valence-corrected chi connectivity index (χ3v) is 4.86. The smallest absolute Gasteiger partial charge is 0.242 e. The molecule has 1 atom stereocenters. The van der Waals surface area contributed by atoms with Gasteiger partial charge >= 0.3 is 0 Å². The van der Waals surface area contributed by atoms with E-state index in [0.717, 1.165) is 17.1 Å². The highest BCUT2D eigenvalue weighted by Gasteiger charge is 2.25. The van der Waals surface area contributed by atoms with Crippen molar-refractivity contribution in [3.63, 3.8) is 0 Å². The van der Waals surface area contributed by atoms with E-state index in [-0.39, 0.29) is 18.2 Å². The van der Waals surface area contributed by atoms with Crippen LogP contribution in [0.5, 0.6) is 11.5 Å². The van der Waals surface area contributed by atoms with Crippen LogP contribution in [0.2, 0.25) is 5.02 Å². The highest BCUT2D eigenvalue weighted by Crippen LogP contribution is 2.18. The van der Waals surface area contributed by atoms with Gasteiger partial charge in [0.1, 0.15) is 17.5 Å². The molecule has 0 spiro atoms. The molecule has 0 saturated carbocycles. The number of carbonyl (C=O) groups excluding carboxylic acids is 2. The molecule has 0 bridgehead atoms. The van der Waals surface area contributed by atoms with Crippen LogP contribution in [0.1, 0.15) is 32.3 Å². The quantitative estimate of drug-likeness (QED) is 0.544. The van der Waals surface area contributed by atoms with Crippen molar-refractivity contribution in [3.05, 3.63) is 59.1 Å². The maximum atomic E-state index is 12.9. The van der Waals surface area contributed by atoms with E-state index in [1.165, 1.54) is 0 Å². The monoisotopic (exact) mass is 432 g/mol. The van der Waals surface area contributed by atoms with Crippen molar-refractivity contribution >= 4 is 23.4 Å². The Morgan fingerprint density at radius 3 is 2.47 bits per heavy atom. The maximum absolute atomic E-state index is 12.9. The summed E-state index contributed by atoms with van der Waals surface area (Å²) in [4.78, 5) is 26.9. The number of ether oxygens (including phenoxy) is 2. The number of rotatable bonds is 11. The zero-order chi connectivity index (χ0) is 21.9. The summed E-state index contributed by atoms with van der Waals surface area (Å²) in [5.74, 6) is 1.19. The van der Waals surface area contributed by atoms with Gasteiger partial charge in [-0.3, -0.25) is 9.59 Å². The first kappa shape index (κ1) is 23.5. The highest BCUT2D eigenvalue weighted by molar-refractivity contribution is 6.30. The Morgan fingerprint density at radius 2 is 1.83 bits per heavy atom. The number of hydrogen-bond acceptors (Lipinski definition) is 4. The summed E-state index contributed by atoms with van der Waals surface area (Å²) in [6, 6.07) is 14.0. The number of hydrogen-bond donors (Lipinski definition) is 1. The van der Waals surface area contributed by atoms with Gasteiger partial charge in [-0.2, -0.15) is 0 Å². The van der Waals surface area contributed by atoms with Crippen molar-refractivity contribution in [2.24, 2.45) is 0 Å².